The number of aryl methyl sites for hydroxylation is 1. The van der Waals surface area contributed by atoms with E-state index in [0.717, 1.165) is 18.9 Å². The van der Waals surface area contributed by atoms with Gasteiger partial charge >= 0.3 is 5.97 Å². The zero-order valence-electron chi connectivity index (χ0n) is 12.8. The van der Waals surface area contributed by atoms with Gasteiger partial charge in [0.05, 0.1) is 5.56 Å². The number of benzene rings is 1. The van der Waals surface area contributed by atoms with Crippen molar-refractivity contribution < 1.29 is 9.90 Å². The van der Waals surface area contributed by atoms with E-state index in [2.05, 4.69) is 12.2 Å². The first kappa shape index (κ1) is 14.6. The maximum Gasteiger partial charge on any atom is 0.335 e. The van der Waals surface area contributed by atoms with E-state index in [1.54, 1.807) is 6.07 Å². The molecule has 2 atom stereocenters. The van der Waals surface area contributed by atoms with Gasteiger partial charge in [-0.25, -0.2) is 4.79 Å². The standard InChI is InChI=1S/C18H25NO2/c1-2-17(13-7-8-13)19-11-15-5-3-4-12-6-9-14(18(20)21)10-16(12)15/h6,9-10,13,15,17,19H,2-5,7-8,11H2,1H3,(H,20,21). The summed E-state index contributed by atoms with van der Waals surface area (Å²) in [6.07, 6.45) is 7.41. The number of carboxylic acid groups (broad SMARTS) is 1. The quantitative estimate of drug-likeness (QED) is 0.840. The molecule has 0 spiro atoms. The van der Waals surface area contributed by atoms with Crippen LogP contribution in [-0.2, 0) is 6.42 Å². The molecule has 3 rings (SSSR count). The molecule has 2 aliphatic carbocycles. The molecule has 1 aromatic carbocycles. The summed E-state index contributed by atoms with van der Waals surface area (Å²) in [5, 5.41) is 12.9. The molecular formula is C18H25NO2. The van der Waals surface area contributed by atoms with Gasteiger partial charge in [-0.05, 0) is 73.6 Å². The Bertz CT molecular complexity index is 522. The Morgan fingerprint density at radius 1 is 1.38 bits per heavy atom. The molecule has 0 aromatic heterocycles. The highest BCUT2D eigenvalue weighted by atomic mass is 16.4. The molecule has 2 N–H and O–H groups in total. The number of carboxylic acids is 1. The van der Waals surface area contributed by atoms with Crippen molar-refractivity contribution in [1.82, 2.24) is 5.32 Å². The predicted octanol–water partition coefficient (Wildman–Crippen LogP) is 3.58. The van der Waals surface area contributed by atoms with Gasteiger partial charge in [-0.3, -0.25) is 0 Å². The maximum atomic E-state index is 11.2. The summed E-state index contributed by atoms with van der Waals surface area (Å²) in [6.45, 7) is 3.25. The number of nitrogens with one attached hydrogen (secondary N) is 1. The Hall–Kier alpha value is -1.35. The van der Waals surface area contributed by atoms with Crippen LogP contribution < -0.4 is 5.32 Å². The highest BCUT2D eigenvalue weighted by Gasteiger charge is 2.30. The molecule has 0 aliphatic heterocycles. The van der Waals surface area contributed by atoms with Crippen LogP contribution in [0, 0.1) is 5.92 Å². The molecule has 1 aromatic rings. The second kappa shape index (κ2) is 6.18. The van der Waals surface area contributed by atoms with Crippen LogP contribution >= 0.6 is 0 Å². The van der Waals surface area contributed by atoms with Crippen LogP contribution in [0.4, 0.5) is 0 Å². The van der Waals surface area contributed by atoms with Crippen molar-refractivity contribution in [2.45, 2.75) is 57.4 Å². The third kappa shape index (κ3) is 3.29. The lowest BCUT2D eigenvalue weighted by Crippen LogP contribution is -2.34. The second-order valence-corrected chi connectivity index (χ2v) is 6.57. The Labute approximate surface area is 126 Å². The molecule has 2 aliphatic rings. The average molecular weight is 287 g/mol. The molecule has 1 saturated carbocycles. The number of hydrogen-bond donors (Lipinski definition) is 2. The topological polar surface area (TPSA) is 49.3 Å². The molecule has 3 nitrogen and oxygen atoms in total. The van der Waals surface area contributed by atoms with Crippen molar-refractivity contribution in [2.24, 2.45) is 5.92 Å². The fourth-order valence-corrected chi connectivity index (χ4v) is 3.68. The first-order valence-electron chi connectivity index (χ1n) is 8.28. The molecule has 0 bridgehead atoms. The number of carbonyl (C=O) groups is 1. The van der Waals surface area contributed by atoms with Gasteiger partial charge in [0, 0.05) is 12.6 Å². The normalized spacial score (nSPS) is 22.6. The fourth-order valence-electron chi connectivity index (χ4n) is 3.68. The highest BCUT2D eigenvalue weighted by Crippen LogP contribution is 2.35. The van der Waals surface area contributed by atoms with Gasteiger partial charge in [0.2, 0.25) is 0 Å². The van der Waals surface area contributed by atoms with Gasteiger partial charge in [0.1, 0.15) is 0 Å². The summed E-state index contributed by atoms with van der Waals surface area (Å²) >= 11 is 0. The zero-order chi connectivity index (χ0) is 14.8. The van der Waals surface area contributed by atoms with Crippen LogP contribution in [0.2, 0.25) is 0 Å². The lowest BCUT2D eigenvalue weighted by Gasteiger charge is -2.28. The van der Waals surface area contributed by atoms with Crippen molar-refractivity contribution in [3.63, 3.8) is 0 Å². The van der Waals surface area contributed by atoms with Crippen LogP contribution in [0.25, 0.3) is 0 Å². The largest absolute Gasteiger partial charge is 0.478 e. The first-order chi connectivity index (χ1) is 10.2. The van der Waals surface area contributed by atoms with Crippen molar-refractivity contribution in [3.05, 3.63) is 34.9 Å². The van der Waals surface area contributed by atoms with E-state index in [1.807, 2.05) is 12.1 Å². The van der Waals surface area contributed by atoms with E-state index in [0.29, 0.717) is 17.5 Å². The van der Waals surface area contributed by atoms with Crippen molar-refractivity contribution in [1.29, 1.82) is 0 Å². The maximum absolute atomic E-state index is 11.2. The second-order valence-electron chi connectivity index (χ2n) is 6.57. The van der Waals surface area contributed by atoms with Crippen LogP contribution in [0.3, 0.4) is 0 Å². The van der Waals surface area contributed by atoms with E-state index < -0.39 is 5.97 Å². The molecule has 21 heavy (non-hydrogen) atoms. The minimum atomic E-state index is -0.820. The van der Waals surface area contributed by atoms with E-state index in [1.165, 1.54) is 43.2 Å². The van der Waals surface area contributed by atoms with Gasteiger partial charge in [0.25, 0.3) is 0 Å². The van der Waals surface area contributed by atoms with Crippen LogP contribution in [0.1, 0.15) is 66.4 Å². The summed E-state index contributed by atoms with van der Waals surface area (Å²) < 4.78 is 0. The Balaban J connectivity index is 1.72. The molecule has 2 unspecified atom stereocenters. The van der Waals surface area contributed by atoms with Crippen molar-refractivity contribution in [2.75, 3.05) is 6.54 Å². The Morgan fingerprint density at radius 3 is 2.86 bits per heavy atom. The van der Waals surface area contributed by atoms with E-state index in [9.17, 15) is 9.90 Å². The van der Waals surface area contributed by atoms with E-state index in [-0.39, 0.29) is 0 Å². The summed E-state index contributed by atoms with van der Waals surface area (Å²) in [5.74, 6) is 0.531. The number of rotatable bonds is 6. The van der Waals surface area contributed by atoms with Crippen LogP contribution in [0.5, 0.6) is 0 Å². The van der Waals surface area contributed by atoms with Crippen LogP contribution in [0.15, 0.2) is 18.2 Å². The molecule has 0 saturated heterocycles. The average Bonchev–Trinajstić information content (AvgIpc) is 3.32. The molecule has 0 heterocycles. The number of aromatic carboxylic acids is 1. The van der Waals surface area contributed by atoms with Gasteiger partial charge in [-0.2, -0.15) is 0 Å². The number of hydrogen-bond acceptors (Lipinski definition) is 2. The molecule has 3 heteroatoms. The minimum absolute atomic E-state index is 0.426. The smallest absolute Gasteiger partial charge is 0.335 e. The Morgan fingerprint density at radius 2 is 2.19 bits per heavy atom. The summed E-state index contributed by atoms with van der Waals surface area (Å²) in [4.78, 5) is 11.2. The van der Waals surface area contributed by atoms with Crippen LogP contribution in [-0.4, -0.2) is 23.7 Å². The molecule has 0 radical (unpaired) electrons. The van der Waals surface area contributed by atoms with Gasteiger partial charge < -0.3 is 10.4 Å². The third-order valence-corrected chi connectivity index (χ3v) is 5.09. The SMILES string of the molecule is CCC(NCC1CCCc2ccc(C(=O)O)cc21)C1CC1. The summed E-state index contributed by atoms with van der Waals surface area (Å²) in [5.41, 5.74) is 3.03. The predicted molar refractivity (Wildman–Crippen MR) is 83.9 cm³/mol. The van der Waals surface area contributed by atoms with E-state index >= 15 is 0 Å². The monoisotopic (exact) mass is 287 g/mol. The molecule has 0 amide bonds. The van der Waals surface area contributed by atoms with Crippen molar-refractivity contribution >= 4 is 5.97 Å². The third-order valence-electron chi connectivity index (χ3n) is 5.09. The first-order valence-corrected chi connectivity index (χ1v) is 8.28. The van der Waals surface area contributed by atoms with Gasteiger partial charge in [-0.15, -0.1) is 0 Å². The van der Waals surface area contributed by atoms with Gasteiger partial charge in [-0.1, -0.05) is 13.0 Å². The number of fused-ring (bicyclic) bond motifs is 1. The summed E-state index contributed by atoms with van der Waals surface area (Å²) in [7, 11) is 0. The lowest BCUT2D eigenvalue weighted by molar-refractivity contribution is 0.0696. The fraction of sp³-hybridized carbons (Fsp3) is 0.611. The lowest BCUT2D eigenvalue weighted by atomic mass is 9.81. The molecule has 114 valence electrons. The molecule has 1 fully saturated rings. The van der Waals surface area contributed by atoms with E-state index in [4.69, 9.17) is 0 Å². The van der Waals surface area contributed by atoms with Gasteiger partial charge in [0.15, 0.2) is 0 Å². The van der Waals surface area contributed by atoms with Crippen molar-refractivity contribution in [3.8, 4) is 0 Å². The molecular weight excluding hydrogens is 262 g/mol. The zero-order valence-corrected chi connectivity index (χ0v) is 12.8. The summed E-state index contributed by atoms with van der Waals surface area (Å²) in [6, 6.07) is 6.32. The highest BCUT2D eigenvalue weighted by molar-refractivity contribution is 5.88. The minimum Gasteiger partial charge on any atom is -0.478 e. The Kier molecular flexibility index (Phi) is 4.29.